The lowest BCUT2D eigenvalue weighted by Gasteiger charge is -2.24. The lowest BCUT2D eigenvalue weighted by molar-refractivity contribution is -0.124. The number of aliphatic hydroxyl groups is 2. The summed E-state index contributed by atoms with van der Waals surface area (Å²) in [6, 6.07) is -0.978. The van der Waals surface area contributed by atoms with Gasteiger partial charge in [-0.3, -0.25) is 13.8 Å². The van der Waals surface area contributed by atoms with Gasteiger partial charge in [0.15, 0.2) is 0 Å². The van der Waals surface area contributed by atoms with Crippen molar-refractivity contribution in [1.29, 1.82) is 0 Å². The van der Waals surface area contributed by atoms with Crippen LogP contribution in [0.15, 0.2) is 12.2 Å². The lowest BCUT2D eigenvalue weighted by Crippen LogP contribution is -2.46. The number of rotatable bonds is 48. The molecule has 4 atom stereocenters. The van der Waals surface area contributed by atoms with E-state index in [1.165, 1.54) is 193 Å². The zero-order valence-electron chi connectivity index (χ0n) is 38.9. The van der Waals surface area contributed by atoms with Crippen LogP contribution in [0.5, 0.6) is 0 Å². The minimum atomic E-state index is -4.40. The molecule has 0 heterocycles. The van der Waals surface area contributed by atoms with Crippen molar-refractivity contribution in [1.82, 2.24) is 5.32 Å². The maximum Gasteiger partial charge on any atom is 0.472 e. The van der Waals surface area contributed by atoms with Gasteiger partial charge in [-0.05, 0) is 19.3 Å². The number of carbonyl (C=O) groups is 1. The molecule has 0 bridgehead atoms. The second-order valence-electron chi connectivity index (χ2n) is 17.6. The van der Waals surface area contributed by atoms with Crippen molar-refractivity contribution in [3.8, 4) is 0 Å². The van der Waals surface area contributed by atoms with Gasteiger partial charge in [0.25, 0.3) is 0 Å². The van der Waals surface area contributed by atoms with Crippen LogP contribution in [-0.4, -0.2) is 59.0 Å². The Labute approximate surface area is 365 Å². The summed E-state index contributed by atoms with van der Waals surface area (Å²) in [7, 11) is -4.40. The summed E-state index contributed by atoms with van der Waals surface area (Å²) in [6.07, 6.45) is 48.7. The molecule has 59 heavy (non-hydrogen) atoms. The van der Waals surface area contributed by atoms with E-state index in [4.69, 9.17) is 14.8 Å². The van der Waals surface area contributed by atoms with E-state index in [1.54, 1.807) is 6.08 Å². The van der Waals surface area contributed by atoms with Crippen LogP contribution in [-0.2, 0) is 18.4 Å². The molecule has 9 nitrogen and oxygen atoms in total. The van der Waals surface area contributed by atoms with Gasteiger partial charge in [0.05, 0.1) is 37.9 Å². The Hall–Kier alpha value is -0.800. The van der Waals surface area contributed by atoms with Crippen LogP contribution in [0.4, 0.5) is 0 Å². The molecule has 4 unspecified atom stereocenters. The molecular weight excluding hydrogens is 760 g/mol. The number of phosphoric acid groups is 1. The normalized spacial score (nSPS) is 14.5. The van der Waals surface area contributed by atoms with Crippen molar-refractivity contribution in [2.24, 2.45) is 5.73 Å². The average Bonchev–Trinajstić information content (AvgIpc) is 3.21. The summed E-state index contributed by atoms with van der Waals surface area (Å²) in [6.45, 7) is 4.02. The van der Waals surface area contributed by atoms with Crippen molar-refractivity contribution in [2.75, 3.05) is 19.8 Å². The highest BCUT2D eigenvalue weighted by molar-refractivity contribution is 7.47. The summed E-state index contributed by atoms with van der Waals surface area (Å²) >= 11 is 0. The van der Waals surface area contributed by atoms with Gasteiger partial charge in [-0.15, -0.1) is 0 Å². The van der Waals surface area contributed by atoms with Gasteiger partial charge in [-0.25, -0.2) is 4.57 Å². The zero-order valence-corrected chi connectivity index (χ0v) is 39.8. The SMILES string of the molecule is CCCCCCCCCCCCCCCCCCCCC/C=C/C(O)C(COP(=O)(O)OCCN)NC(=O)CC(O)CCCCCCCCCCCCCCCCCC. The number of hydrogen-bond acceptors (Lipinski definition) is 7. The molecule has 0 fully saturated rings. The molecule has 352 valence electrons. The minimum absolute atomic E-state index is 0.0518. The predicted molar refractivity (Wildman–Crippen MR) is 251 cm³/mol. The van der Waals surface area contributed by atoms with Crippen molar-refractivity contribution in [3.63, 3.8) is 0 Å². The fraction of sp³-hybridized carbons (Fsp3) is 0.939. The van der Waals surface area contributed by atoms with Crippen molar-refractivity contribution in [2.45, 2.75) is 276 Å². The summed E-state index contributed by atoms with van der Waals surface area (Å²) < 4.78 is 22.2. The highest BCUT2D eigenvalue weighted by atomic mass is 31.2. The molecule has 10 heteroatoms. The molecule has 0 rings (SSSR count). The van der Waals surface area contributed by atoms with E-state index in [0.29, 0.717) is 6.42 Å². The first kappa shape index (κ1) is 58.2. The third kappa shape index (κ3) is 43.6. The number of allylic oxidation sites excluding steroid dienone is 1. The van der Waals surface area contributed by atoms with E-state index in [0.717, 1.165) is 38.5 Å². The molecule has 0 radical (unpaired) electrons. The standard InChI is InChI=1S/C49H99N2O7P/c1-3-5-7-9-11-13-15-17-19-21-22-23-24-25-27-29-31-33-35-37-39-41-48(53)47(45-58-59(55,56)57-43-42-50)51-49(54)44-46(52)40-38-36-34-32-30-28-26-20-18-16-14-12-10-8-6-4-2/h39,41,46-48,52-53H,3-38,40,42-45,50H2,1-2H3,(H,51,54)(H,55,56)/b41-39+. The third-order valence-electron chi connectivity index (χ3n) is 11.7. The van der Waals surface area contributed by atoms with Crippen LogP contribution < -0.4 is 11.1 Å². The smallest absolute Gasteiger partial charge is 0.393 e. The molecule has 0 aliphatic carbocycles. The maximum absolute atomic E-state index is 12.9. The van der Waals surface area contributed by atoms with E-state index in [1.807, 2.05) is 6.08 Å². The molecular formula is C49H99N2O7P. The Balaban J connectivity index is 4.18. The molecule has 0 aromatic carbocycles. The number of carbonyl (C=O) groups excluding carboxylic acids is 1. The fourth-order valence-electron chi connectivity index (χ4n) is 7.83. The highest BCUT2D eigenvalue weighted by Gasteiger charge is 2.27. The number of nitrogens with one attached hydrogen (secondary N) is 1. The van der Waals surface area contributed by atoms with Crippen LogP contribution in [0.2, 0.25) is 0 Å². The molecule has 0 aliphatic rings. The monoisotopic (exact) mass is 859 g/mol. The minimum Gasteiger partial charge on any atom is -0.393 e. The third-order valence-corrected chi connectivity index (χ3v) is 12.7. The summed E-state index contributed by atoms with van der Waals surface area (Å²) in [4.78, 5) is 22.8. The quantitative estimate of drug-likeness (QED) is 0.0230. The summed E-state index contributed by atoms with van der Waals surface area (Å²) in [5.41, 5.74) is 5.38. The van der Waals surface area contributed by atoms with Crippen LogP contribution in [0.25, 0.3) is 0 Å². The van der Waals surface area contributed by atoms with E-state index < -0.39 is 38.6 Å². The molecule has 0 saturated heterocycles. The summed E-state index contributed by atoms with van der Waals surface area (Å²) in [5, 5.41) is 24.2. The van der Waals surface area contributed by atoms with Crippen LogP contribution in [0.1, 0.15) is 258 Å². The van der Waals surface area contributed by atoms with Gasteiger partial charge >= 0.3 is 7.82 Å². The van der Waals surface area contributed by atoms with Gasteiger partial charge in [0.2, 0.25) is 5.91 Å². The number of nitrogens with two attached hydrogens (primary N) is 1. The highest BCUT2D eigenvalue weighted by Crippen LogP contribution is 2.43. The number of hydrogen-bond donors (Lipinski definition) is 5. The lowest BCUT2D eigenvalue weighted by atomic mass is 10.0. The number of amides is 1. The van der Waals surface area contributed by atoms with Crippen LogP contribution in [0, 0.1) is 0 Å². The Morgan fingerprint density at radius 3 is 1.31 bits per heavy atom. The Morgan fingerprint density at radius 2 is 0.932 bits per heavy atom. The average molecular weight is 859 g/mol. The first-order valence-electron chi connectivity index (χ1n) is 25.4. The fourth-order valence-corrected chi connectivity index (χ4v) is 8.59. The maximum atomic E-state index is 12.9. The summed E-state index contributed by atoms with van der Waals surface area (Å²) in [5.74, 6) is -0.440. The molecule has 0 aromatic heterocycles. The first-order valence-corrected chi connectivity index (χ1v) is 26.9. The first-order chi connectivity index (χ1) is 28.8. The molecule has 1 amide bonds. The molecule has 0 aromatic rings. The van der Waals surface area contributed by atoms with E-state index in [9.17, 15) is 24.5 Å². The van der Waals surface area contributed by atoms with Crippen molar-refractivity contribution < 1.29 is 33.5 Å². The van der Waals surface area contributed by atoms with E-state index >= 15 is 0 Å². The van der Waals surface area contributed by atoms with Gasteiger partial charge in [-0.1, -0.05) is 244 Å². The number of phosphoric ester groups is 1. The molecule has 0 aliphatic heterocycles. The number of aliphatic hydroxyl groups excluding tert-OH is 2. The Morgan fingerprint density at radius 1 is 0.576 bits per heavy atom. The van der Waals surface area contributed by atoms with Gasteiger partial charge in [-0.2, -0.15) is 0 Å². The Bertz CT molecular complexity index is 955. The Kier molecular flexibility index (Phi) is 44.6. The van der Waals surface area contributed by atoms with E-state index in [2.05, 4.69) is 19.2 Å². The van der Waals surface area contributed by atoms with E-state index in [-0.39, 0.29) is 19.6 Å². The van der Waals surface area contributed by atoms with Gasteiger partial charge in [0.1, 0.15) is 0 Å². The van der Waals surface area contributed by atoms with Gasteiger partial charge in [0, 0.05) is 6.54 Å². The van der Waals surface area contributed by atoms with Crippen molar-refractivity contribution >= 4 is 13.7 Å². The predicted octanol–water partition coefficient (Wildman–Crippen LogP) is 13.7. The molecule has 6 N–H and O–H groups in total. The molecule has 0 saturated carbocycles. The van der Waals surface area contributed by atoms with Crippen molar-refractivity contribution in [3.05, 3.63) is 12.2 Å². The largest absolute Gasteiger partial charge is 0.472 e. The second-order valence-corrected chi connectivity index (χ2v) is 19.0. The van der Waals surface area contributed by atoms with Crippen LogP contribution >= 0.6 is 7.82 Å². The van der Waals surface area contributed by atoms with Gasteiger partial charge < -0.3 is 26.2 Å². The number of unbranched alkanes of at least 4 members (excludes halogenated alkanes) is 34. The topological polar surface area (TPSA) is 151 Å². The molecule has 0 spiro atoms. The van der Waals surface area contributed by atoms with Crippen LogP contribution in [0.3, 0.4) is 0 Å². The zero-order chi connectivity index (χ0) is 43.3. The second kappa shape index (κ2) is 45.2.